The van der Waals surface area contributed by atoms with Gasteiger partial charge in [0.1, 0.15) is 0 Å². The minimum absolute atomic E-state index is 0.0446. The van der Waals surface area contributed by atoms with E-state index in [1.807, 2.05) is 31.3 Å². The molecule has 27 heavy (non-hydrogen) atoms. The zero-order chi connectivity index (χ0) is 18.5. The maximum Gasteiger partial charge on any atom is 0.257 e. The lowest BCUT2D eigenvalue weighted by Crippen LogP contribution is -2.45. The van der Waals surface area contributed by atoms with E-state index in [4.69, 9.17) is 4.98 Å². The Hall–Kier alpha value is -1.98. The number of pyridine rings is 1. The Bertz CT molecular complexity index is 1050. The van der Waals surface area contributed by atoms with Gasteiger partial charge < -0.3 is 0 Å². The Balaban J connectivity index is 1.39. The lowest BCUT2D eigenvalue weighted by Gasteiger charge is -2.42. The topological polar surface area (TPSA) is 38.1 Å². The van der Waals surface area contributed by atoms with E-state index in [1.165, 1.54) is 41.9 Å². The number of rotatable bonds is 3. The molecule has 0 bridgehead atoms. The van der Waals surface area contributed by atoms with E-state index in [9.17, 15) is 4.79 Å². The van der Waals surface area contributed by atoms with Crippen LogP contribution in [0.15, 0.2) is 41.3 Å². The van der Waals surface area contributed by atoms with Crippen LogP contribution in [0.2, 0.25) is 0 Å². The van der Waals surface area contributed by atoms with Crippen molar-refractivity contribution in [2.75, 3.05) is 6.54 Å². The van der Waals surface area contributed by atoms with Crippen LogP contribution >= 0.6 is 11.3 Å². The highest BCUT2D eigenvalue weighted by Crippen LogP contribution is 2.44. The summed E-state index contributed by atoms with van der Waals surface area (Å²) in [4.78, 5) is 20.0. The van der Waals surface area contributed by atoms with Crippen molar-refractivity contribution in [3.05, 3.63) is 57.5 Å². The molecular weight excluding hydrogens is 354 g/mol. The van der Waals surface area contributed by atoms with Crippen molar-refractivity contribution in [1.82, 2.24) is 14.5 Å². The molecule has 4 nitrogen and oxygen atoms in total. The van der Waals surface area contributed by atoms with Crippen molar-refractivity contribution >= 4 is 21.6 Å². The normalized spacial score (nSPS) is 25.8. The van der Waals surface area contributed by atoms with Gasteiger partial charge in [-0.2, -0.15) is 0 Å². The first-order chi connectivity index (χ1) is 13.1. The molecule has 2 aliphatic rings. The number of thiazole rings is 1. The predicted molar refractivity (Wildman–Crippen MR) is 111 cm³/mol. The van der Waals surface area contributed by atoms with E-state index >= 15 is 0 Å². The molecule has 2 aromatic heterocycles. The van der Waals surface area contributed by atoms with E-state index in [2.05, 4.69) is 24.0 Å². The van der Waals surface area contributed by atoms with Crippen LogP contribution in [0.3, 0.4) is 0 Å². The van der Waals surface area contributed by atoms with Gasteiger partial charge in [0.15, 0.2) is 0 Å². The van der Waals surface area contributed by atoms with Crippen molar-refractivity contribution in [3.63, 3.8) is 0 Å². The van der Waals surface area contributed by atoms with Crippen LogP contribution in [-0.4, -0.2) is 33.1 Å². The van der Waals surface area contributed by atoms with Crippen LogP contribution in [0, 0.1) is 6.92 Å². The standard InChI is InChI=1S/C22H25N3OS/c1-14-5-3-10-25(22(14)26)17-7-8-19-20(13-17)27-21(23-19)16-11-18(12-16)24-9-4-6-15(24)2/h3,5,7-8,10,13,15-16,18H,4,6,9,11-12H2,1-2H3/t15-,16?,18?/m1/s1. The van der Waals surface area contributed by atoms with Crippen molar-refractivity contribution in [3.8, 4) is 5.69 Å². The Kier molecular flexibility index (Phi) is 4.17. The molecule has 5 heteroatoms. The number of hydrogen-bond acceptors (Lipinski definition) is 4. The fourth-order valence-corrected chi connectivity index (χ4v) is 5.75. The fourth-order valence-electron chi connectivity index (χ4n) is 4.62. The molecular formula is C22H25N3OS. The summed E-state index contributed by atoms with van der Waals surface area (Å²) in [7, 11) is 0. The number of benzene rings is 1. The van der Waals surface area contributed by atoms with Gasteiger partial charge in [-0.1, -0.05) is 6.07 Å². The first kappa shape index (κ1) is 17.1. The number of aromatic nitrogens is 2. The third-order valence-corrected chi connectivity index (χ3v) is 7.52. The molecule has 1 aliphatic carbocycles. The molecule has 1 aromatic carbocycles. The maximum atomic E-state index is 12.4. The Labute approximate surface area is 163 Å². The van der Waals surface area contributed by atoms with E-state index in [0.717, 1.165) is 28.9 Å². The lowest BCUT2D eigenvalue weighted by atomic mass is 9.79. The molecule has 1 aliphatic heterocycles. The summed E-state index contributed by atoms with van der Waals surface area (Å²) in [6.45, 7) is 5.50. The van der Waals surface area contributed by atoms with Crippen LogP contribution in [0.4, 0.5) is 0 Å². The summed E-state index contributed by atoms with van der Waals surface area (Å²) < 4.78 is 2.90. The molecule has 0 N–H and O–H groups in total. The summed E-state index contributed by atoms with van der Waals surface area (Å²) >= 11 is 1.80. The number of likely N-dealkylation sites (tertiary alicyclic amines) is 1. The Morgan fingerprint density at radius 1 is 1.22 bits per heavy atom. The second-order valence-corrected chi connectivity index (χ2v) is 9.18. The van der Waals surface area contributed by atoms with Crippen LogP contribution < -0.4 is 5.56 Å². The summed E-state index contributed by atoms with van der Waals surface area (Å²) in [5, 5.41) is 1.27. The average Bonchev–Trinajstić information content (AvgIpc) is 3.22. The molecule has 0 radical (unpaired) electrons. The van der Waals surface area contributed by atoms with Crippen LogP contribution in [-0.2, 0) is 0 Å². The number of fused-ring (bicyclic) bond motifs is 1. The van der Waals surface area contributed by atoms with Gasteiger partial charge in [0.05, 0.1) is 20.9 Å². The van der Waals surface area contributed by atoms with Crippen LogP contribution in [0.5, 0.6) is 0 Å². The van der Waals surface area contributed by atoms with Gasteiger partial charge in [-0.25, -0.2) is 4.98 Å². The third-order valence-electron chi connectivity index (χ3n) is 6.34. The van der Waals surface area contributed by atoms with Gasteiger partial charge in [-0.3, -0.25) is 14.3 Å². The summed E-state index contributed by atoms with van der Waals surface area (Å²) in [5.74, 6) is 0.602. The molecule has 0 unspecified atom stereocenters. The van der Waals surface area contributed by atoms with Crippen molar-refractivity contribution in [1.29, 1.82) is 0 Å². The summed E-state index contributed by atoms with van der Waals surface area (Å²) in [5.41, 5.74) is 2.78. The van der Waals surface area contributed by atoms with Gasteiger partial charge >= 0.3 is 0 Å². The van der Waals surface area contributed by atoms with Gasteiger partial charge in [0.2, 0.25) is 0 Å². The highest BCUT2D eigenvalue weighted by Gasteiger charge is 2.39. The average molecular weight is 380 g/mol. The second-order valence-electron chi connectivity index (χ2n) is 8.12. The van der Waals surface area contributed by atoms with Crippen LogP contribution in [0.1, 0.15) is 49.1 Å². The fraction of sp³-hybridized carbons (Fsp3) is 0.455. The minimum atomic E-state index is 0.0446. The predicted octanol–water partition coefficient (Wildman–Crippen LogP) is 4.49. The van der Waals surface area contributed by atoms with Crippen molar-refractivity contribution in [2.45, 2.75) is 57.5 Å². The lowest BCUT2D eigenvalue weighted by molar-refractivity contribution is 0.103. The molecule has 2 fully saturated rings. The molecule has 1 saturated heterocycles. The monoisotopic (exact) mass is 379 g/mol. The molecule has 5 rings (SSSR count). The van der Waals surface area contributed by atoms with Crippen LogP contribution in [0.25, 0.3) is 15.9 Å². The first-order valence-electron chi connectivity index (χ1n) is 9.95. The molecule has 140 valence electrons. The highest BCUT2D eigenvalue weighted by atomic mass is 32.1. The first-order valence-corrected chi connectivity index (χ1v) is 10.8. The Morgan fingerprint density at radius 2 is 2.07 bits per heavy atom. The zero-order valence-electron chi connectivity index (χ0n) is 15.9. The summed E-state index contributed by atoms with van der Waals surface area (Å²) in [6, 6.07) is 11.4. The molecule has 0 spiro atoms. The van der Waals surface area contributed by atoms with E-state index in [0.29, 0.717) is 5.92 Å². The van der Waals surface area contributed by atoms with E-state index < -0.39 is 0 Å². The van der Waals surface area contributed by atoms with Gasteiger partial charge in [0, 0.05) is 29.8 Å². The van der Waals surface area contributed by atoms with E-state index in [1.54, 1.807) is 15.9 Å². The SMILES string of the molecule is Cc1cccn(-c2ccc3nc(C4CC(N5CCC[C@H]5C)C4)sc3c2)c1=O. The van der Waals surface area contributed by atoms with Gasteiger partial charge in [0.25, 0.3) is 5.56 Å². The zero-order valence-corrected chi connectivity index (χ0v) is 16.7. The smallest absolute Gasteiger partial charge is 0.257 e. The van der Waals surface area contributed by atoms with Crippen molar-refractivity contribution < 1.29 is 0 Å². The quantitative estimate of drug-likeness (QED) is 0.673. The molecule has 3 heterocycles. The third kappa shape index (κ3) is 2.93. The maximum absolute atomic E-state index is 12.4. The number of nitrogens with zero attached hydrogens (tertiary/aromatic N) is 3. The van der Waals surface area contributed by atoms with Crippen molar-refractivity contribution in [2.24, 2.45) is 0 Å². The summed E-state index contributed by atoms with van der Waals surface area (Å²) in [6.07, 6.45) is 7.03. The molecule has 3 aromatic rings. The minimum Gasteiger partial charge on any atom is -0.298 e. The molecule has 1 atom stereocenters. The number of hydrogen-bond donors (Lipinski definition) is 0. The Morgan fingerprint density at radius 3 is 2.85 bits per heavy atom. The van der Waals surface area contributed by atoms with E-state index in [-0.39, 0.29) is 5.56 Å². The molecule has 1 saturated carbocycles. The van der Waals surface area contributed by atoms with Gasteiger partial charge in [-0.15, -0.1) is 11.3 Å². The highest BCUT2D eigenvalue weighted by molar-refractivity contribution is 7.18. The van der Waals surface area contributed by atoms with Gasteiger partial charge in [-0.05, 0) is 70.3 Å². The largest absolute Gasteiger partial charge is 0.298 e. The number of aryl methyl sites for hydroxylation is 1. The second kappa shape index (κ2) is 6.57. The molecule has 0 amide bonds.